The number of methoxy groups -OCH3 is 1. The Hall–Kier alpha value is -1.02. The van der Waals surface area contributed by atoms with Crippen molar-refractivity contribution in [1.29, 1.82) is 0 Å². The number of fused-ring (bicyclic) bond motifs is 2. The first kappa shape index (κ1) is 8.30. The van der Waals surface area contributed by atoms with Crippen LogP contribution in [0.1, 0.15) is 30.4 Å². The lowest BCUT2D eigenvalue weighted by Crippen LogP contribution is -2.33. The van der Waals surface area contributed by atoms with Crippen molar-refractivity contribution in [3.8, 4) is 5.75 Å². The lowest BCUT2D eigenvalue weighted by Gasteiger charge is -2.38. The minimum Gasteiger partial charge on any atom is -0.497 e. The molecule has 2 nitrogen and oxygen atoms in total. The molecule has 1 fully saturated rings. The first-order chi connectivity index (χ1) is 6.84. The van der Waals surface area contributed by atoms with E-state index >= 15 is 0 Å². The molecule has 14 heavy (non-hydrogen) atoms. The van der Waals surface area contributed by atoms with Crippen LogP contribution in [0.5, 0.6) is 5.75 Å². The molecule has 1 heterocycles. The normalized spacial score (nSPS) is 21.8. The summed E-state index contributed by atoms with van der Waals surface area (Å²) >= 11 is 0. The molecule has 0 amide bonds. The van der Waals surface area contributed by atoms with Crippen molar-refractivity contribution in [3.63, 3.8) is 0 Å². The van der Waals surface area contributed by atoms with E-state index in [4.69, 9.17) is 9.47 Å². The predicted octanol–water partition coefficient (Wildman–Crippen LogP) is 2.60. The zero-order chi connectivity index (χ0) is 9.60. The van der Waals surface area contributed by atoms with E-state index in [1.807, 2.05) is 6.07 Å². The summed E-state index contributed by atoms with van der Waals surface area (Å²) in [6, 6.07) is 6.28. The van der Waals surface area contributed by atoms with Crippen LogP contribution in [-0.4, -0.2) is 7.11 Å². The third-order valence-electron chi connectivity index (χ3n) is 3.47. The Balaban J connectivity index is 2.08. The van der Waals surface area contributed by atoms with Crippen LogP contribution in [0.15, 0.2) is 18.2 Å². The molecule has 1 saturated carbocycles. The van der Waals surface area contributed by atoms with E-state index in [9.17, 15) is 0 Å². The van der Waals surface area contributed by atoms with Gasteiger partial charge in [-0.2, -0.15) is 0 Å². The highest BCUT2D eigenvalue weighted by Crippen LogP contribution is 2.51. The molecule has 1 aromatic rings. The number of hydrogen-bond donors (Lipinski definition) is 0. The van der Waals surface area contributed by atoms with Gasteiger partial charge in [0.1, 0.15) is 5.75 Å². The molecule has 74 valence electrons. The Labute approximate surface area is 83.8 Å². The van der Waals surface area contributed by atoms with Gasteiger partial charge in [0, 0.05) is 0 Å². The van der Waals surface area contributed by atoms with Gasteiger partial charge in [0.15, 0.2) is 0 Å². The average molecular weight is 190 g/mol. The maximum atomic E-state index is 5.89. The fourth-order valence-electron chi connectivity index (χ4n) is 2.44. The van der Waals surface area contributed by atoms with Gasteiger partial charge in [0.2, 0.25) is 0 Å². The first-order valence-electron chi connectivity index (χ1n) is 5.15. The molecule has 1 aliphatic heterocycles. The highest BCUT2D eigenvalue weighted by molar-refractivity contribution is 5.42. The molecule has 0 aromatic heterocycles. The minimum absolute atomic E-state index is 0.0594. The molecule has 2 heteroatoms. The molecule has 0 bridgehead atoms. The monoisotopic (exact) mass is 190 g/mol. The van der Waals surface area contributed by atoms with Gasteiger partial charge in [-0.15, -0.1) is 0 Å². The van der Waals surface area contributed by atoms with Gasteiger partial charge in [0.25, 0.3) is 0 Å². The molecular formula is C12H14O2. The van der Waals surface area contributed by atoms with Gasteiger partial charge in [-0.1, -0.05) is 6.07 Å². The zero-order valence-corrected chi connectivity index (χ0v) is 8.38. The second-order valence-corrected chi connectivity index (χ2v) is 4.16. The van der Waals surface area contributed by atoms with Crippen molar-refractivity contribution < 1.29 is 9.47 Å². The van der Waals surface area contributed by atoms with Crippen molar-refractivity contribution in [3.05, 3.63) is 29.3 Å². The third-order valence-corrected chi connectivity index (χ3v) is 3.47. The number of hydrogen-bond acceptors (Lipinski definition) is 2. The molecule has 1 spiro atoms. The van der Waals surface area contributed by atoms with Crippen LogP contribution in [0.3, 0.4) is 0 Å². The van der Waals surface area contributed by atoms with E-state index in [1.165, 1.54) is 30.4 Å². The van der Waals surface area contributed by atoms with E-state index in [1.54, 1.807) is 7.11 Å². The standard InChI is InChI=1S/C12H14O2/c1-13-10-4-3-9-8-14-12(5-2-6-12)11(9)7-10/h3-4,7H,2,5-6,8H2,1H3. The molecule has 0 saturated heterocycles. The lowest BCUT2D eigenvalue weighted by atomic mass is 9.75. The highest BCUT2D eigenvalue weighted by Gasteiger charge is 2.45. The Kier molecular flexibility index (Phi) is 1.62. The van der Waals surface area contributed by atoms with Crippen molar-refractivity contribution in [2.45, 2.75) is 31.5 Å². The smallest absolute Gasteiger partial charge is 0.119 e. The number of ether oxygens (including phenoxy) is 2. The Morgan fingerprint density at radius 3 is 2.86 bits per heavy atom. The third kappa shape index (κ3) is 0.947. The summed E-state index contributed by atoms with van der Waals surface area (Å²) in [6.07, 6.45) is 3.64. The number of benzene rings is 1. The summed E-state index contributed by atoms with van der Waals surface area (Å²) in [7, 11) is 1.71. The van der Waals surface area contributed by atoms with Crippen LogP contribution in [0.2, 0.25) is 0 Å². The second-order valence-electron chi connectivity index (χ2n) is 4.16. The molecule has 3 rings (SSSR count). The van der Waals surface area contributed by atoms with Gasteiger partial charge < -0.3 is 9.47 Å². The van der Waals surface area contributed by atoms with Gasteiger partial charge in [-0.05, 0) is 42.5 Å². The van der Waals surface area contributed by atoms with Crippen molar-refractivity contribution in [2.75, 3.05) is 7.11 Å². The fourth-order valence-corrected chi connectivity index (χ4v) is 2.44. The summed E-state index contributed by atoms with van der Waals surface area (Å²) in [5.41, 5.74) is 2.76. The van der Waals surface area contributed by atoms with E-state index in [2.05, 4.69) is 12.1 Å². The molecule has 1 aliphatic carbocycles. The lowest BCUT2D eigenvalue weighted by molar-refractivity contribution is -0.0944. The summed E-state index contributed by atoms with van der Waals surface area (Å²) < 4.78 is 11.1. The summed E-state index contributed by atoms with van der Waals surface area (Å²) in [5.74, 6) is 0.945. The van der Waals surface area contributed by atoms with Crippen molar-refractivity contribution >= 4 is 0 Å². The Morgan fingerprint density at radius 2 is 2.21 bits per heavy atom. The van der Waals surface area contributed by atoms with E-state index < -0.39 is 0 Å². The van der Waals surface area contributed by atoms with E-state index in [-0.39, 0.29) is 5.60 Å². The van der Waals surface area contributed by atoms with Gasteiger partial charge in [-0.25, -0.2) is 0 Å². The quantitative estimate of drug-likeness (QED) is 0.677. The van der Waals surface area contributed by atoms with E-state index in [0.717, 1.165) is 12.4 Å². The largest absolute Gasteiger partial charge is 0.497 e. The van der Waals surface area contributed by atoms with Crippen LogP contribution < -0.4 is 4.74 Å². The van der Waals surface area contributed by atoms with Crippen molar-refractivity contribution in [1.82, 2.24) is 0 Å². The van der Waals surface area contributed by atoms with Gasteiger partial charge in [0.05, 0.1) is 19.3 Å². The number of rotatable bonds is 1. The Bertz CT molecular complexity index is 367. The molecule has 0 radical (unpaired) electrons. The summed E-state index contributed by atoms with van der Waals surface area (Å²) in [5, 5.41) is 0. The molecular weight excluding hydrogens is 176 g/mol. The highest BCUT2D eigenvalue weighted by atomic mass is 16.5. The van der Waals surface area contributed by atoms with Crippen LogP contribution >= 0.6 is 0 Å². The zero-order valence-electron chi connectivity index (χ0n) is 8.38. The average Bonchev–Trinajstić information content (AvgIpc) is 2.55. The molecule has 0 N–H and O–H groups in total. The Morgan fingerprint density at radius 1 is 1.36 bits per heavy atom. The molecule has 1 aromatic carbocycles. The first-order valence-corrected chi connectivity index (χ1v) is 5.15. The van der Waals surface area contributed by atoms with Crippen LogP contribution in [-0.2, 0) is 16.9 Å². The van der Waals surface area contributed by atoms with E-state index in [0.29, 0.717) is 0 Å². The summed E-state index contributed by atoms with van der Waals surface area (Å²) in [4.78, 5) is 0. The topological polar surface area (TPSA) is 18.5 Å². The fraction of sp³-hybridized carbons (Fsp3) is 0.500. The van der Waals surface area contributed by atoms with Gasteiger partial charge >= 0.3 is 0 Å². The predicted molar refractivity (Wildman–Crippen MR) is 53.3 cm³/mol. The molecule has 0 atom stereocenters. The second kappa shape index (κ2) is 2.74. The van der Waals surface area contributed by atoms with Gasteiger partial charge in [-0.3, -0.25) is 0 Å². The summed E-state index contributed by atoms with van der Waals surface area (Å²) in [6.45, 7) is 0.777. The molecule has 0 unspecified atom stereocenters. The maximum Gasteiger partial charge on any atom is 0.119 e. The van der Waals surface area contributed by atoms with Crippen LogP contribution in [0.4, 0.5) is 0 Å². The van der Waals surface area contributed by atoms with Crippen LogP contribution in [0, 0.1) is 0 Å². The maximum absolute atomic E-state index is 5.89. The van der Waals surface area contributed by atoms with Crippen molar-refractivity contribution in [2.24, 2.45) is 0 Å². The van der Waals surface area contributed by atoms with Crippen LogP contribution in [0.25, 0.3) is 0 Å². The minimum atomic E-state index is 0.0594. The molecule has 2 aliphatic rings. The SMILES string of the molecule is COc1ccc2c(c1)C1(CCC1)OC2.